The van der Waals surface area contributed by atoms with E-state index in [-0.39, 0.29) is 5.91 Å². The number of nitrogens with zero attached hydrogens (tertiary/aromatic N) is 3. The average Bonchev–Trinajstić information content (AvgIpc) is 2.85. The first kappa shape index (κ1) is 22.8. The summed E-state index contributed by atoms with van der Waals surface area (Å²) in [5, 5.41) is 2.18. The molecule has 0 unspecified atom stereocenters. The van der Waals surface area contributed by atoms with Crippen molar-refractivity contribution in [3.63, 3.8) is 0 Å². The Labute approximate surface area is 197 Å². The number of rotatable bonds is 7. The lowest BCUT2D eigenvalue weighted by Gasteiger charge is -2.41. The van der Waals surface area contributed by atoms with Crippen LogP contribution in [-0.2, 0) is 0 Å². The normalized spacial score (nSPS) is 15.8. The predicted octanol–water partition coefficient (Wildman–Crippen LogP) is 4.40. The predicted molar refractivity (Wildman–Crippen MR) is 133 cm³/mol. The Morgan fingerprint density at radius 2 is 1.88 bits per heavy atom. The third kappa shape index (κ3) is 5.16. The molecule has 0 spiro atoms. The number of nitrogens with one attached hydrogen (secondary N) is 1. The summed E-state index contributed by atoms with van der Waals surface area (Å²) in [6.07, 6.45) is 7.21. The van der Waals surface area contributed by atoms with Gasteiger partial charge in [0.05, 0.1) is 6.61 Å². The molecule has 1 N–H and O–H groups in total. The molecule has 0 aliphatic carbocycles. The monoisotopic (exact) mass is 446 g/mol. The van der Waals surface area contributed by atoms with E-state index in [1.165, 1.54) is 5.82 Å². The Morgan fingerprint density at radius 3 is 2.61 bits per heavy atom. The van der Waals surface area contributed by atoms with E-state index in [2.05, 4.69) is 53.5 Å². The summed E-state index contributed by atoms with van der Waals surface area (Å²) in [6.45, 7) is 10.9. The quantitative estimate of drug-likeness (QED) is 0.683. The van der Waals surface area contributed by atoms with Gasteiger partial charge in [-0.05, 0) is 73.4 Å². The van der Waals surface area contributed by atoms with Gasteiger partial charge in [0, 0.05) is 44.5 Å². The van der Waals surface area contributed by atoms with Gasteiger partial charge in [-0.2, -0.15) is 0 Å². The van der Waals surface area contributed by atoms with Crippen LogP contribution >= 0.6 is 0 Å². The van der Waals surface area contributed by atoms with E-state index in [1.54, 1.807) is 0 Å². The van der Waals surface area contributed by atoms with Crippen molar-refractivity contribution in [2.24, 2.45) is 0 Å². The van der Waals surface area contributed by atoms with Crippen molar-refractivity contribution in [2.75, 3.05) is 39.3 Å². The molecule has 0 radical (unpaired) electrons. The zero-order valence-electron chi connectivity index (χ0n) is 19.9. The van der Waals surface area contributed by atoms with E-state index in [0.717, 1.165) is 67.1 Å². The molecular formula is C27H34N4O2. The molecule has 2 aromatic rings. The topological polar surface area (TPSA) is 48.0 Å². The highest BCUT2D eigenvalue weighted by Gasteiger charge is 2.26. The smallest absolute Gasteiger partial charge is 0.253 e. The Kier molecular flexibility index (Phi) is 7.23. The van der Waals surface area contributed by atoms with Gasteiger partial charge in [0.1, 0.15) is 11.6 Å². The lowest BCUT2D eigenvalue weighted by molar-refractivity contribution is 0.0615. The van der Waals surface area contributed by atoms with Crippen molar-refractivity contribution in [3.05, 3.63) is 77.8 Å². The van der Waals surface area contributed by atoms with Gasteiger partial charge in [-0.1, -0.05) is 25.1 Å². The van der Waals surface area contributed by atoms with Crippen molar-refractivity contribution in [1.82, 2.24) is 20.2 Å². The van der Waals surface area contributed by atoms with Gasteiger partial charge in [0.15, 0.2) is 0 Å². The minimum atomic E-state index is 0.105. The molecule has 1 saturated heterocycles. The molecule has 0 atom stereocenters. The third-order valence-electron chi connectivity index (χ3n) is 6.12. The Morgan fingerprint density at radius 1 is 1.06 bits per heavy atom. The molecule has 1 fully saturated rings. The summed E-state index contributed by atoms with van der Waals surface area (Å²) in [7, 11) is 0. The number of amides is 1. The molecule has 0 bridgehead atoms. The molecule has 2 heterocycles. The van der Waals surface area contributed by atoms with Crippen LogP contribution in [0.1, 0.15) is 36.2 Å². The van der Waals surface area contributed by atoms with Gasteiger partial charge in [0.25, 0.3) is 5.91 Å². The number of ether oxygens (including phenoxy) is 1. The van der Waals surface area contributed by atoms with E-state index in [0.29, 0.717) is 6.61 Å². The maximum Gasteiger partial charge on any atom is 0.253 e. The largest absolute Gasteiger partial charge is 0.494 e. The number of carbonyl (C=O) groups excluding carboxylic acids is 1. The highest BCUT2D eigenvalue weighted by molar-refractivity contribution is 5.95. The van der Waals surface area contributed by atoms with Gasteiger partial charge in [0.2, 0.25) is 0 Å². The zero-order valence-corrected chi connectivity index (χ0v) is 19.9. The summed E-state index contributed by atoms with van der Waals surface area (Å²) >= 11 is 0. The fraction of sp³-hybridized carbons (Fsp3) is 0.370. The maximum absolute atomic E-state index is 13.2. The summed E-state index contributed by atoms with van der Waals surface area (Å²) in [6, 6.07) is 14.1. The molecule has 2 aliphatic heterocycles. The van der Waals surface area contributed by atoms with Crippen molar-refractivity contribution in [2.45, 2.75) is 27.2 Å². The van der Waals surface area contributed by atoms with Gasteiger partial charge in [-0.15, -0.1) is 0 Å². The Hall–Kier alpha value is -3.41. The second-order valence-corrected chi connectivity index (χ2v) is 8.43. The molecule has 33 heavy (non-hydrogen) atoms. The van der Waals surface area contributed by atoms with Crippen LogP contribution in [0.5, 0.6) is 5.75 Å². The van der Waals surface area contributed by atoms with Crippen molar-refractivity contribution < 1.29 is 9.53 Å². The van der Waals surface area contributed by atoms with Crippen LogP contribution in [0, 0.1) is 6.92 Å². The van der Waals surface area contributed by atoms with Gasteiger partial charge >= 0.3 is 0 Å². The Bertz CT molecular complexity index is 1040. The van der Waals surface area contributed by atoms with Crippen LogP contribution in [0.4, 0.5) is 0 Å². The summed E-state index contributed by atoms with van der Waals surface area (Å²) in [5.41, 5.74) is 7.38. The molecule has 2 aromatic carbocycles. The molecule has 2 aliphatic rings. The number of hydrogen-bond acceptors (Lipinski definition) is 5. The van der Waals surface area contributed by atoms with Crippen molar-refractivity contribution in [3.8, 4) is 16.9 Å². The molecule has 6 heteroatoms. The number of piperazine rings is 1. The average molecular weight is 447 g/mol. The number of allylic oxidation sites excluding steroid dienone is 2. The number of carbonyl (C=O) groups is 1. The van der Waals surface area contributed by atoms with E-state index in [1.807, 2.05) is 48.4 Å². The van der Waals surface area contributed by atoms with Crippen molar-refractivity contribution in [1.29, 1.82) is 0 Å². The fourth-order valence-corrected chi connectivity index (χ4v) is 4.46. The Balaban J connectivity index is 1.42. The highest BCUT2D eigenvalue weighted by Crippen LogP contribution is 2.28. The minimum absolute atomic E-state index is 0.105. The first-order valence-corrected chi connectivity index (χ1v) is 11.9. The zero-order chi connectivity index (χ0) is 23.2. The van der Waals surface area contributed by atoms with Crippen LogP contribution in [0.3, 0.4) is 0 Å². The van der Waals surface area contributed by atoms with Crippen LogP contribution in [0.2, 0.25) is 0 Å². The van der Waals surface area contributed by atoms with Crippen LogP contribution in [0.15, 0.2) is 66.6 Å². The van der Waals surface area contributed by atoms with Crippen molar-refractivity contribution >= 4 is 5.91 Å². The summed E-state index contributed by atoms with van der Waals surface area (Å²) in [4.78, 5) is 17.6. The van der Waals surface area contributed by atoms with Gasteiger partial charge in [-0.3, -0.25) is 9.80 Å². The van der Waals surface area contributed by atoms with E-state index < -0.39 is 0 Å². The third-order valence-corrected chi connectivity index (χ3v) is 6.12. The van der Waals surface area contributed by atoms with E-state index in [4.69, 9.17) is 4.74 Å². The number of hydrazine groups is 1. The van der Waals surface area contributed by atoms with Crippen LogP contribution in [-0.4, -0.2) is 60.0 Å². The lowest BCUT2D eigenvalue weighted by Crippen LogP contribution is -2.52. The first-order valence-electron chi connectivity index (χ1n) is 11.9. The molecule has 6 nitrogen and oxygen atoms in total. The molecule has 174 valence electrons. The minimum Gasteiger partial charge on any atom is -0.494 e. The molecule has 4 rings (SSSR count). The lowest BCUT2D eigenvalue weighted by atomic mass is 9.98. The van der Waals surface area contributed by atoms with Gasteiger partial charge < -0.3 is 20.0 Å². The summed E-state index contributed by atoms with van der Waals surface area (Å²) in [5.74, 6) is 2.15. The molecule has 0 aromatic heterocycles. The highest BCUT2D eigenvalue weighted by atomic mass is 16.5. The molecular weight excluding hydrogens is 412 g/mol. The van der Waals surface area contributed by atoms with E-state index in [9.17, 15) is 4.79 Å². The first-order chi connectivity index (χ1) is 16.1. The van der Waals surface area contributed by atoms with Crippen LogP contribution in [0.25, 0.3) is 11.1 Å². The number of benzene rings is 2. The maximum atomic E-state index is 13.2. The second kappa shape index (κ2) is 10.5. The SMILES string of the molecule is CCCN1NC=CC=C1N1CCN(C(=O)c2ccc(-c3cccc(OCC)c3)c(C)c2)CC1. The number of aryl methyl sites for hydroxylation is 1. The second-order valence-electron chi connectivity index (χ2n) is 8.43. The summed E-state index contributed by atoms with van der Waals surface area (Å²) < 4.78 is 5.64. The molecule has 0 saturated carbocycles. The van der Waals surface area contributed by atoms with Gasteiger partial charge in [-0.25, -0.2) is 0 Å². The van der Waals surface area contributed by atoms with Crippen LogP contribution < -0.4 is 10.2 Å². The number of hydrogen-bond donors (Lipinski definition) is 1. The fourth-order valence-electron chi connectivity index (χ4n) is 4.46. The van der Waals surface area contributed by atoms with E-state index >= 15 is 0 Å². The molecule has 1 amide bonds. The standard InChI is InChI=1S/C27H34N4O2/c1-4-14-31-26(10-7-13-28-31)29-15-17-30(18-16-29)27(32)23-11-12-25(21(3)19-23)22-8-6-9-24(20-22)33-5-2/h6-13,19-20,28H,4-5,14-18H2,1-3H3.